The van der Waals surface area contributed by atoms with Gasteiger partial charge < -0.3 is 15.4 Å². The molecule has 3 N–H and O–H groups in total. The van der Waals surface area contributed by atoms with E-state index in [9.17, 15) is 26.4 Å². The van der Waals surface area contributed by atoms with Crippen molar-refractivity contribution < 1.29 is 31.1 Å². The highest BCUT2D eigenvalue weighted by atomic mass is 32.2. The number of hydrogen-bond donors (Lipinski definition) is 3. The van der Waals surface area contributed by atoms with E-state index in [1.807, 2.05) is 13.8 Å². The molecule has 2 aromatic rings. The molecule has 1 fully saturated rings. The highest BCUT2D eigenvalue weighted by Gasteiger charge is 2.34. The molecule has 0 unspecified atom stereocenters. The number of nitrogens with zero attached hydrogens (tertiary/aromatic N) is 1. The first-order valence-corrected chi connectivity index (χ1v) is 12.5. The quantitative estimate of drug-likeness (QED) is 0.529. The molecule has 0 spiro atoms. The third-order valence-electron chi connectivity index (χ3n) is 5.21. The second-order valence-electron chi connectivity index (χ2n) is 8.61. The number of hydrogen-bond acceptors (Lipinski definition) is 6. The Bertz CT molecular complexity index is 1100. The number of rotatable bonds is 7. The minimum absolute atomic E-state index is 0.0192. The number of carbonyl (C=O) groups excluding carboxylic acids is 1. The van der Waals surface area contributed by atoms with Crippen LogP contribution in [0.4, 0.5) is 29.5 Å². The molecule has 33 heavy (non-hydrogen) atoms. The van der Waals surface area contributed by atoms with Gasteiger partial charge in [-0.05, 0) is 50.8 Å². The molecule has 0 saturated heterocycles. The molecular weight excluding hydrogens is 461 g/mol. The van der Waals surface area contributed by atoms with Crippen LogP contribution in [0.1, 0.15) is 55.8 Å². The van der Waals surface area contributed by atoms with E-state index in [0.29, 0.717) is 18.7 Å². The summed E-state index contributed by atoms with van der Waals surface area (Å²) in [6.45, 7) is 3.68. The van der Waals surface area contributed by atoms with Gasteiger partial charge in [0.25, 0.3) is 0 Å². The molecule has 0 aliphatic heterocycles. The lowest BCUT2D eigenvalue weighted by molar-refractivity contribution is -0.138. The summed E-state index contributed by atoms with van der Waals surface area (Å²) in [4.78, 5) is 11.8. The molecule has 12 heteroatoms. The number of benzene rings is 1. The zero-order chi connectivity index (χ0) is 24.4. The Labute approximate surface area is 190 Å². The van der Waals surface area contributed by atoms with Crippen LogP contribution in [-0.4, -0.2) is 43.1 Å². The molecular formula is C21H27F3N4O4S. The van der Waals surface area contributed by atoms with Gasteiger partial charge in [0, 0.05) is 35.7 Å². The van der Waals surface area contributed by atoms with E-state index in [-0.39, 0.29) is 29.3 Å². The first-order valence-electron chi connectivity index (χ1n) is 10.5. The summed E-state index contributed by atoms with van der Waals surface area (Å²) in [5, 5.41) is 12.5. The van der Waals surface area contributed by atoms with Crippen molar-refractivity contribution in [3.63, 3.8) is 0 Å². The standard InChI is InChI=1S/C21H27F3N4O4S/c1-12(2)25-20(29)32-16-7-5-13(8-16)18-10-19(28-27-18)26-15-6-4-14(11-33(3,30)31)17(9-15)21(22,23)24/h4,6,9-10,12-13,16H,5,7-8,11H2,1-3H3,(H,25,29)(H2,26,27,28)/t13-,16+/m1/s1. The Hall–Kier alpha value is -2.76. The Morgan fingerprint density at radius 1 is 1.27 bits per heavy atom. The fraction of sp³-hybridized carbons (Fsp3) is 0.524. The molecule has 1 aromatic carbocycles. The van der Waals surface area contributed by atoms with Crippen molar-refractivity contribution in [2.75, 3.05) is 11.6 Å². The maximum Gasteiger partial charge on any atom is 0.416 e. The third-order valence-corrected chi connectivity index (χ3v) is 6.04. The molecule has 0 bridgehead atoms. The van der Waals surface area contributed by atoms with Crippen LogP contribution in [0, 0.1) is 0 Å². The molecule has 1 aromatic heterocycles. The molecule has 1 aliphatic rings. The summed E-state index contributed by atoms with van der Waals surface area (Å²) in [5.74, 6) is -0.293. The summed E-state index contributed by atoms with van der Waals surface area (Å²) < 4.78 is 68.8. The second-order valence-corrected chi connectivity index (χ2v) is 10.7. The molecule has 2 atom stereocenters. The van der Waals surface area contributed by atoms with E-state index >= 15 is 0 Å². The SMILES string of the molecule is CC(C)NC(=O)O[C@H]1CC[C@@H](c2cc(Nc3ccc(CS(C)(=O)=O)c(C(F)(F)F)c3)n[nH]2)C1. The van der Waals surface area contributed by atoms with Crippen molar-refractivity contribution in [2.24, 2.45) is 0 Å². The van der Waals surface area contributed by atoms with Gasteiger partial charge >= 0.3 is 12.3 Å². The Balaban J connectivity index is 1.68. The average molecular weight is 489 g/mol. The van der Waals surface area contributed by atoms with E-state index in [4.69, 9.17) is 4.74 Å². The van der Waals surface area contributed by atoms with E-state index in [0.717, 1.165) is 30.5 Å². The number of aromatic nitrogens is 2. The molecule has 1 heterocycles. The maximum atomic E-state index is 13.5. The second kappa shape index (κ2) is 9.62. The van der Waals surface area contributed by atoms with Crippen molar-refractivity contribution in [1.29, 1.82) is 0 Å². The van der Waals surface area contributed by atoms with Gasteiger partial charge in [-0.3, -0.25) is 5.10 Å². The lowest BCUT2D eigenvalue weighted by Crippen LogP contribution is -2.33. The zero-order valence-electron chi connectivity index (χ0n) is 18.5. The Kier molecular flexibility index (Phi) is 7.25. The molecule has 1 aliphatic carbocycles. The van der Waals surface area contributed by atoms with Crippen LogP contribution >= 0.6 is 0 Å². The number of sulfone groups is 1. The monoisotopic (exact) mass is 488 g/mol. The minimum Gasteiger partial charge on any atom is -0.446 e. The van der Waals surface area contributed by atoms with Crippen LogP contribution in [0.3, 0.4) is 0 Å². The van der Waals surface area contributed by atoms with Gasteiger partial charge in [-0.2, -0.15) is 18.3 Å². The zero-order valence-corrected chi connectivity index (χ0v) is 19.3. The fourth-order valence-corrected chi connectivity index (χ4v) is 4.65. The van der Waals surface area contributed by atoms with Gasteiger partial charge in [0.2, 0.25) is 0 Å². The van der Waals surface area contributed by atoms with Crippen molar-refractivity contribution in [3.05, 3.63) is 41.1 Å². The molecule has 1 saturated carbocycles. The van der Waals surface area contributed by atoms with Crippen LogP contribution in [0.5, 0.6) is 0 Å². The normalized spacial score (nSPS) is 19.0. The number of nitrogens with one attached hydrogen (secondary N) is 3. The number of alkyl halides is 3. The van der Waals surface area contributed by atoms with Gasteiger partial charge in [0.05, 0.1) is 11.3 Å². The number of ether oxygens (including phenoxy) is 1. The molecule has 1 amide bonds. The topological polar surface area (TPSA) is 113 Å². The van der Waals surface area contributed by atoms with Crippen LogP contribution in [0.2, 0.25) is 0 Å². The maximum absolute atomic E-state index is 13.5. The third kappa shape index (κ3) is 7.11. The Morgan fingerprint density at radius 2 is 2.00 bits per heavy atom. The number of halogens is 3. The highest BCUT2D eigenvalue weighted by Crippen LogP contribution is 2.37. The van der Waals surface area contributed by atoms with E-state index in [1.54, 1.807) is 6.07 Å². The van der Waals surface area contributed by atoms with E-state index in [2.05, 4.69) is 20.8 Å². The molecule has 0 radical (unpaired) electrons. The first kappa shape index (κ1) is 24.9. The summed E-state index contributed by atoms with van der Waals surface area (Å²) in [7, 11) is -3.63. The average Bonchev–Trinajstić information content (AvgIpc) is 3.29. The van der Waals surface area contributed by atoms with Crippen LogP contribution in [0.25, 0.3) is 0 Å². The van der Waals surface area contributed by atoms with Crippen molar-refractivity contribution in [2.45, 2.75) is 63.1 Å². The van der Waals surface area contributed by atoms with Crippen molar-refractivity contribution in [3.8, 4) is 0 Å². The smallest absolute Gasteiger partial charge is 0.416 e. The summed E-state index contributed by atoms with van der Waals surface area (Å²) in [6.07, 6.45) is -2.39. The van der Waals surface area contributed by atoms with Gasteiger partial charge in [-0.15, -0.1) is 0 Å². The van der Waals surface area contributed by atoms with Gasteiger partial charge in [-0.25, -0.2) is 13.2 Å². The summed E-state index contributed by atoms with van der Waals surface area (Å²) in [6, 6.07) is 5.10. The van der Waals surface area contributed by atoms with E-state index in [1.165, 1.54) is 6.07 Å². The first-order chi connectivity index (χ1) is 15.3. The number of carbonyl (C=O) groups is 1. The van der Waals surface area contributed by atoms with Crippen LogP contribution in [-0.2, 0) is 26.5 Å². The number of aromatic amines is 1. The number of alkyl carbamates (subject to hydrolysis) is 1. The fourth-order valence-electron chi connectivity index (χ4n) is 3.83. The molecule has 3 rings (SSSR count). The lowest BCUT2D eigenvalue weighted by Gasteiger charge is -2.14. The summed E-state index contributed by atoms with van der Waals surface area (Å²) >= 11 is 0. The number of H-pyrrole nitrogens is 1. The Morgan fingerprint density at radius 3 is 2.64 bits per heavy atom. The number of amides is 1. The molecule has 8 nitrogen and oxygen atoms in total. The predicted molar refractivity (Wildman–Crippen MR) is 117 cm³/mol. The van der Waals surface area contributed by atoms with E-state index < -0.39 is 33.4 Å². The van der Waals surface area contributed by atoms with Crippen LogP contribution in [0.15, 0.2) is 24.3 Å². The molecule has 182 valence electrons. The lowest BCUT2D eigenvalue weighted by atomic mass is 10.0. The van der Waals surface area contributed by atoms with Crippen LogP contribution < -0.4 is 10.6 Å². The minimum atomic E-state index is -4.70. The van der Waals surface area contributed by atoms with Crippen molar-refractivity contribution >= 4 is 27.4 Å². The van der Waals surface area contributed by atoms with Crippen molar-refractivity contribution in [1.82, 2.24) is 15.5 Å². The van der Waals surface area contributed by atoms with Gasteiger partial charge in [-0.1, -0.05) is 6.07 Å². The van der Waals surface area contributed by atoms with Gasteiger partial charge in [0.15, 0.2) is 15.7 Å². The summed E-state index contributed by atoms with van der Waals surface area (Å²) in [5.41, 5.74) is -0.394. The number of anilines is 2. The highest BCUT2D eigenvalue weighted by molar-refractivity contribution is 7.89. The largest absolute Gasteiger partial charge is 0.446 e. The predicted octanol–water partition coefficient (Wildman–Crippen LogP) is 4.49. The van der Waals surface area contributed by atoms with Gasteiger partial charge in [0.1, 0.15) is 6.10 Å².